The molecule has 1 amide bonds. The number of amides is 1. The molecule has 0 fully saturated rings. The second-order valence-corrected chi connectivity index (χ2v) is 4.77. The summed E-state index contributed by atoms with van der Waals surface area (Å²) in [4.78, 5) is 12.0. The standard InChI is InChI=1S/C14H12BrNO2/c1-9-12(15)3-2-4-13(9)16-14(18)10-5-7-11(17)8-6-10/h2-8,17H,1H3,(H,16,18). The van der Waals surface area contributed by atoms with Gasteiger partial charge in [0.25, 0.3) is 5.91 Å². The van der Waals surface area contributed by atoms with Crippen molar-refractivity contribution in [2.75, 3.05) is 5.32 Å². The van der Waals surface area contributed by atoms with Crippen molar-refractivity contribution in [1.82, 2.24) is 0 Å². The van der Waals surface area contributed by atoms with Gasteiger partial charge in [0.05, 0.1) is 0 Å². The second kappa shape index (κ2) is 5.23. The molecule has 0 unspecified atom stereocenters. The normalized spacial score (nSPS) is 10.1. The second-order valence-electron chi connectivity index (χ2n) is 3.91. The molecule has 0 spiro atoms. The highest BCUT2D eigenvalue weighted by Crippen LogP contribution is 2.24. The SMILES string of the molecule is Cc1c(Br)cccc1NC(=O)c1ccc(O)cc1. The number of halogens is 1. The predicted octanol–water partition coefficient (Wildman–Crippen LogP) is 3.72. The molecule has 0 aliphatic carbocycles. The number of hydrogen-bond donors (Lipinski definition) is 2. The van der Waals surface area contributed by atoms with Crippen LogP contribution in [0.25, 0.3) is 0 Å². The topological polar surface area (TPSA) is 49.3 Å². The number of anilines is 1. The Balaban J connectivity index is 2.21. The molecule has 0 aliphatic rings. The molecule has 0 saturated carbocycles. The van der Waals surface area contributed by atoms with Crippen LogP contribution in [-0.4, -0.2) is 11.0 Å². The third-order valence-corrected chi connectivity index (χ3v) is 3.50. The van der Waals surface area contributed by atoms with Crippen LogP contribution in [0.2, 0.25) is 0 Å². The summed E-state index contributed by atoms with van der Waals surface area (Å²) in [5.41, 5.74) is 2.25. The number of carbonyl (C=O) groups is 1. The third-order valence-electron chi connectivity index (χ3n) is 2.65. The van der Waals surface area contributed by atoms with Gasteiger partial charge in [-0.3, -0.25) is 4.79 Å². The molecule has 0 aliphatic heterocycles. The summed E-state index contributed by atoms with van der Waals surface area (Å²) in [5, 5.41) is 12.0. The maximum Gasteiger partial charge on any atom is 0.255 e. The highest BCUT2D eigenvalue weighted by Gasteiger charge is 2.08. The fourth-order valence-electron chi connectivity index (χ4n) is 1.55. The minimum absolute atomic E-state index is 0.144. The molecule has 0 atom stereocenters. The summed E-state index contributed by atoms with van der Waals surface area (Å²) >= 11 is 3.42. The zero-order chi connectivity index (χ0) is 13.1. The fourth-order valence-corrected chi connectivity index (χ4v) is 1.92. The van der Waals surface area contributed by atoms with Crippen molar-refractivity contribution in [2.24, 2.45) is 0 Å². The summed E-state index contributed by atoms with van der Waals surface area (Å²) in [5.74, 6) is -0.0543. The van der Waals surface area contributed by atoms with Gasteiger partial charge in [-0.25, -0.2) is 0 Å². The lowest BCUT2D eigenvalue weighted by atomic mass is 10.1. The number of aromatic hydroxyl groups is 1. The quantitative estimate of drug-likeness (QED) is 0.888. The van der Waals surface area contributed by atoms with Gasteiger partial charge in [-0.05, 0) is 48.9 Å². The van der Waals surface area contributed by atoms with Crippen LogP contribution < -0.4 is 5.32 Å². The van der Waals surface area contributed by atoms with E-state index in [-0.39, 0.29) is 11.7 Å². The molecule has 3 nitrogen and oxygen atoms in total. The van der Waals surface area contributed by atoms with Crippen LogP contribution in [0.15, 0.2) is 46.9 Å². The number of rotatable bonds is 2. The van der Waals surface area contributed by atoms with Crippen molar-refractivity contribution in [2.45, 2.75) is 6.92 Å². The predicted molar refractivity (Wildman–Crippen MR) is 74.9 cm³/mol. The number of hydrogen-bond acceptors (Lipinski definition) is 2. The van der Waals surface area contributed by atoms with Crippen molar-refractivity contribution in [1.29, 1.82) is 0 Å². The average Bonchev–Trinajstić information content (AvgIpc) is 2.36. The van der Waals surface area contributed by atoms with E-state index in [4.69, 9.17) is 0 Å². The number of nitrogens with one attached hydrogen (secondary N) is 1. The Hall–Kier alpha value is -1.81. The fraction of sp³-hybridized carbons (Fsp3) is 0.0714. The van der Waals surface area contributed by atoms with E-state index in [1.807, 2.05) is 25.1 Å². The Morgan fingerprint density at radius 3 is 2.50 bits per heavy atom. The van der Waals surface area contributed by atoms with Gasteiger partial charge in [0, 0.05) is 15.7 Å². The minimum atomic E-state index is -0.198. The Morgan fingerprint density at radius 2 is 1.83 bits per heavy atom. The Bertz CT molecular complexity index is 579. The molecule has 0 heterocycles. The first-order valence-corrected chi connectivity index (χ1v) is 6.23. The van der Waals surface area contributed by atoms with E-state index in [0.717, 1.165) is 15.7 Å². The molecule has 2 aromatic carbocycles. The molecule has 92 valence electrons. The van der Waals surface area contributed by atoms with E-state index < -0.39 is 0 Å². The van der Waals surface area contributed by atoms with Gasteiger partial charge in [0.15, 0.2) is 0 Å². The van der Waals surface area contributed by atoms with Crippen molar-refractivity contribution in [3.05, 3.63) is 58.1 Å². The van der Waals surface area contributed by atoms with E-state index in [1.54, 1.807) is 12.1 Å². The minimum Gasteiger partial charge on any atom is -0.508 e. The van der Waals surface area contributed by atoms with Crippen LogP contribution in [0.4, 0.5) is 5.69 Å². The maximum absolute atomic E-state index is 12.0. The van der Waals surface area contributed by atoms with E-state index >= 15 is 0 Å². The van der Waals surface area contributed by atoms with Crippen LogP contribution in [-0.2, 0) is 0 Å². The first-order valence-electron chi connectivity index (χ1n) is 5.43. The molecule has 4 heteroatoms. The Morgan fingerprint density at radius 1 is 1.17 bits per heavy atom. The summed E-state index contributed by atoms with van der Waals surface area (Å²) in [7, 11) is 0. The summed E-state index contributed by atoms with van der Waals surface area (Å²) in [6.45, 7) is 1.93. The number of carbonyl (C=O) groups excluding carboxylic acids is 1. The number of phenols is 1. The van der Waals surface area contributed by atoms with Crippen molar-refractivity contribution >= 4 is 27.5 Å². The first-order chi connectivity index (χ1) is 8.58. The molecule has 0 bridgehead atoms. The molecular weight excluding hydrogens is 294 g/mol. The summed E-state index contributed by atoms with van der Waals surface area (Å²) < 4.78 is 0.950. The lowest BCUT2D eigenvalue weighted by molar-refractivity contribution is 0.102. The molecule has 2 rings (SSSR count). The van der Waals surface area contributed by atoms with Gasteiger partial charge in [-0.2, -0.15) is 0 Å². The van der Waals surface area contributed by atoms with E-state index in [2.05, 4.69) is 21.2 Å². The Kier molecular flexibility index (Phi) is 3.67. The van der Waals surface area contributed by atoms with Crippen LogP contribution in [0, 0.1) is 6.92 Å². The van der Waals surface area contributed by atoms with Crippen molar-refractivity contribution in [3.63, 3.8) is 0 Å². The monoisotopic (exact) mass is 305 g/mol. The smallest absolute Gasteiger partial charge is 0.255 e. The molecule has 0 saturated heterocycles. The summed E-state index contributed by atoms with van der Waals surface area (Å²) in [6.07, 6.45) is 0. The zero-order valence-corrected chi connectivity index (χ0v) is 11.4. The van der Waals surface area contributed by atoms with E-state index in [1.165, 1.54) is 12.1 Å². The summed E-state index contributed by atoms with van der Waals surface area (Å²) in [6, 6.07) is 11.8. The van der Waals surface area contributed by atoms with Gasteiger partial charge in [-0.1, -0.05) is 22.0 Å². The van der Waals surface area contributed by atoms with Gasteiger partial charge in [0.2, 0.25) is 0 Å². The van der Waals surface area contributed by atoms with Gasteiger partial charge < -0.3 is 10.4 Å². The lowest BCUT2D eigenvalue weighted by Crippen LogP contribution is -2.12. The lowest BCUT2D eigenvalue weighted by Gasteiger charge is -2.09. The average molecular weight is 306 g/mol. The molecule has 0 aromatic heterocycles. The Labute approximate surface area is 114 Å². The number of benzene rings is 2. The van der Waals surface area contributed by atoms with Gasteiger partial charge in [0.1, 0.15) is 5.75 Å². The first kappa shape index (κ1) is 12.6. The van der Waals surface area contributed by atoms with Crippen LogP contribution in [0.5, 0.6) is 5.75 Å². The van der Waals surface area contributed by atoms with E-state index in [0.29, 0.717) is 5.56 Å². The van der Waals surface area contributed by atoms with Crippen LogP contribution in [0.1, 0.15) is 15.9 Å². The van der Waals surface area contributed by atoms with Gasteiger partial charge >= 0.3 is 0 Å². The zero-order valence-electron chi connectivity index (χ0n) is 9.77. The van der Waals surface area contributed by atoms with E-state index in [9.17, 15) is 9.90 Å². The maximum atomic E-state index is 12.0. The molecule has 18 heavy (non-hydrogen) atoms. The van der Waals surface area contributed by atoms with Crippen molar-refractivity contribution in [3.8, 4) is 5.75 Å². The van der Waals surface area contributed by atoms with Crippen LogP contribution in [0.3, 0.4) is 0 Å². The highest BCUT2D eigenvalue weighted by molar-refractivity contribution is 9.10. The molecular formula is C14H12BrNO2. The number of phenolic OH excluding ortho intramolecular Hbond substituents is 1. The van der Waals surface area contributed by atoms with Crippen LogP contribution >= 0.6 is 15.9 Å². The van der Waals surface area contributed by atoms with Crippen molar-refractivity contribution < 1.29 is 9.90 Å². The molecule has 2 N–H and O–H groups in total. The molecule has 0 radical (unpaired) electrons. The van der Waals surface area contributed by atoms with Gasteiger partial charge in [-0.15, -0.1) is 0 Å². The highest BCUT2D eigenvalue weighted by atomic mass is 79.9. The third kappa shape index (κ3) is 2.71. The molecule has 2 aromatic rings. The largest absolute Gasteiger partial charge is 0.508 e.